The molecule has 1 atom stereocenters. The van der Waals surface area contributed by atoms with Gasteiger partial charge in [0.1, 0.15) is 5.82 Å². The second kappa shape index (κ2) is 5.96. The van der Waals surface area contributed by atoms with Gasteiger partial charge < -0.3 is 10.4 Å². The van der Waals surface area contributed by atoms with E-state index in [4.69, 9.17) is 5.11 Å². The molecule has 1 aromatic rings. The molecule has 0 fully saturated rings. The van der Waals surface area contributed by atoms with Gasteiger partial charge in [0.25, 0.3) is 5.91 Å². The van der Waals surface area contributed by atoms with E-state index in [0.717, 1.165) is 0 Å². The summed E-state index contributed by atoms with van der Waals surface area (Å²) in [5.41, 5.74) is -0.159. The van der Waals surface area contributed by atoms with Crippen LogP contribution in [0.25, 0.3) is 0 Å². The van der Waals surface area contributed by atoms with Gasteiger partial charge in [-0.1, -0.05) is 32.9 Å². The Labute approximate surface area is 107 Å². The molecule has 0 saturated carbocycles. The van der Waals surface area contributed by atoms with Crippen LogP contribution in [0, 0.1) is 11.2 Å². The predicted octanol–water partition coefficient (Wildman–Crippen LogP) is 2.35. The van der Waals surface area contributed by atoms with Gasteiger partial charge in [-0.2, -0.15) is 0 Å². The number of aliphatic hydroxyl groups is 1. The van der Waals surface area contributed by atoms with Crippen LogP contribution in [0.3, 0.4) is 0 Å². The summed E-state index contributed by atoms with van der Waals surface area (Å²) in [6.45, 7) is 5.89. The number of rotatable bonds is 4. The maximum Gasteiger partial charge on any atom is 0.254 e. The molecule has 0 heterocycles. The Hall–Kier alpha value is -1.42. The molecule has 3 nitrogen and oxygen atoms in total. The molecular weight excluding hydrogens is 233 g/mol. The molecule has 1 unspecified atom stereocenters. The van der Waals surface area contributed by atoms with Crippen molar-refractivity contribution in [3.63, 3.8) is 0 Å². The van der Waals surface area contributed by atoms with Crippen LogP contribution in [0.1, 0.15) is 37.6 Å². The van der Waals surface area contributed by atoms with E-state index in [1.807, 2.05) is 20.8 Å². The van der Waals surface area contributed by atoms with Crippen LogP contribution in [0.15, 0.2) is 24.3 Å². The summed E-state index contributed by atoms with van der Waals surface area (Å²) in [5.74, 6) is -0.979. The van der Waals surface area contributed by atoms with Gasteiger partial charge >= 0.3 is 0 Å². The molecule has 100 valence electrons. The summed E-state index contributed by atoms with van der Waals surface area (Å²) in [6, 6.07) is 5.67. The lowest BCUT2D eigenvalue weighted by atomic mass is 9.84. The number of nitrogens with one attached hydrogen (secondary N) is 1. The molecule has 0 radical (unpaired) electrons. The Morgan fingerprint density at radius 2 is 2.00 bits per heavy atom. The molecule has 2 N–H and O–H groups in total. The van der Waals surface area contributed by atoms with Crippen LogP contribution < -0.4 is 5.32 Å². The first-order valence-electron chi connectivity index (χ1n) is 6.02. The topological polar surface area (TPSA) is 49.3 Å². The highest BCUT2D eigenvalue weighted by atomic mass is 19.1. The molecule has 4 heteroatoms. The van der Waals surface area contributed by atoms with E-state index < -0.39 is 11.7 Å². The minimum Gasteiger partial charge on any atom is -0.396 e. The van der Waals surface area contributed by atoms with E-state index in [9.17, 15) is 9.18 Å². The monoisotopic (exact) mass is 253 g/mol. The van der Waals surface area contributed by atoms with Crippen LogP contribution in [-0.2, 0) is 0 Å². The van der Waals surface area contributed by atoms with Gasteiger partial charge in [0.2, 0.25) is 0 Å². The number of carbonyl (C=O) groups is 1. The Bertz CT molecular complexity index is 413. The molecule has 1 rings (SSSR count). The number of aliphatic hydroxyl groups excluding tert-OH is 1. The minimum absolute atomic E-state index is 0.0144. The number of benzene rings is 1. The Morgan fingerprint density at radius 3 is 2.50 bits per heavy atom. The van der Waals surface area contributed by atoms with E-state index in [2.05, 4.69) is 5.32 Å². The quantitative estimate of drug-likeness (QED) is 0.865. The van der Waals surface area contributed by atoms with Gasteiger partial charge in [0, 0.05) is 12.6 Å². The summed E-state index contributed by atoms with van der Waals surface area (Å²) >= 11 is 0. The van der Waals surface area contributed by atoms with Gasteiger partial charge in [-0.3, -0.25) is 4.79 Å². The molecule has 0 aliphatic heterocycles. The first-order chi connectivity index (χ1) is 8.36. The van der Waals surface area contributed by atoms with Gasteiger partial charge in [-0.25, -0.2) is 4.39 Å². The average molecular weight is 253 g/mol. The van der Waals surface area contributed by atoms with Crippen LogP contribution in [-0.4, -0.2) is 23.7 Å². The van der Waals surface area contributed by atoms with Crippen LogP contribution in [0.5, 0.6) is 0 Å². The van der Waals surface area contributed by atoms with Gasteiger partial charge in [0.05, 0.1) is 5.56 Å². The molecule has 0 aliphatic rings. The fourth-order valence-electron chi connectivity index (χ4n) is 1.73. The first kappa shape index (κ1) is 14.6. The maximum absolute atomic E-state index is 13.5. The third-order valence-corrected chi connectivity index (χ3v) is 2.89. The standard InChI is InChI=1S/C14H20FNO2/c1-14(2,3)12(8-9-17)16-13(18)10-6-4-5-7-11(10)15/h4-7,12,17H,8-9H2,1-3H3,(H,16,18). The highest BCUT2D eigenvalue weighted by molar-refractivity contribution is 5.94. The number of hydrogen-bond acceptors (Lipinski definition) is 2. The Balaban J connectivity index is 2.82. The van der Waals surface area contributed by atoms with E-state index in [1.54, 1.807) is 12.1 Å². The second-order valence-electron chi connectivity index (χ2n) is 5.38. The van der Waals surface area contributed by atoms with Crippen molar-refractivity contribution in [2.45, 2.75) is 33.2 Å². The van der Waals surface area contributed by atoms with Crippen LogP contribution >= 0.6 is 0 Å². The molecule has 1 amide bonds. The Morgan fingerprint density at radius 1 is 1.39 bits per heavy atom. The van der Waals surface area contributed by atoms with Crippen molar-refractivity contribution >= 4 is 5.91 Å². The first-order valence-corrected chi connectivity index (χ1v) is 6.02. The zero-order valence-electron chi connectivity index (χ0n) is 11.0. The maximum atomic E-state index is 13.5. The largest absolute Gasteiger partial charge is 0.396 e. The fraction of sp³-hybridized carbons (Fsp3) is 0.500. The van der Waals surface area contributed by atoms with E-state index in [1.165, 1.54) is 12.1 Å². The average Bonchev–Trinajstić information content (AvgIpc) is 2.27. The SMILES string of the molecule is CC(C)(C)C(CCO)NC(=O)c1ccccc1F. The van der Waals surface area contributed by atoms with Crippen molar-refractivity contribution in [1.29, 1.82) is 0 Å². The van der Waals surface area contributed by atoms with Crippen molar-refractivity contribution < 1.29 is 14.3 Å². The van der Waals surface area contributed by atoms with E-state index >= 15 is 0 Å². The lowest BCUT2D eigenvalue weighted by Gasteiger charge is -2.31. The molecule has 0 aromatic heterocycles. The number of amides is 1. The Kier molecular flexibility index (Phi) is 4.84. The zero-order chi connectivity index (χ0) is 13.8. The van der Waals surface area contributed by atoms with Crippen LogP contribution in [0.2, 0.25) is 0 Å². The summed E-state index contributed by atoms with van der Waals surface area (Å²) in [5, 5.41) is 11.8. The zero-order valence-corrected chi connectivity index (χ0v) is 11.0. The van der Waals surface area contributed by atoms with Gasteiger partial charge in [-0.15, -0.1) is 0 Å². The van der Waals surface area contributed by atoms with E-state index in [0.29, 0.717) is 6.42 Å². The summed E-state index contributed by atoms with van der Waals surface area (Å²) in [7, 11) is 0. The summed E-state index contributed by atoms with van der Waals surface area (Å²) in [6.07, 6.45) is 0.448. The minimum atomic E-state index is -0.536. The molecule has 1 aromatic carbocycles. The van der Waals surface area contributed by atoms with Gasteiger partial charge in [-0.05, 0) is 24.0 Å². The van der Waals surface area contributed by atoms with Crippen molar-refractivity contribution in [1.82, 2.24) is 5.32 Å². The molecule has 18 heavy (non-hydrogen) atoms. The van der Waals surface area contributed by atoms with Crippen molar-refractivity contribution in [2.75, 3.05) is 6.61 Å². The smallest absolute Gasteiger partial charge is 0.254 e. The normalized spacial score (nSPS) is 13.2. The van der Waals surface area contributed by atoms with Crippen molar-refractivity contribution in [3.05, 3.63) is 35.6 Å². The molecular formula is C14H20FNO2. The molecule has 0 aliphatic carbocycles. The third-order valence-electron chi connectivity index (χ3n) is 2.89. The molecule has 0 bridgehead atoms. The summed E-state index contributed by atoms with van der Waals surface area (Å²) in [4.78, 5) is 12.0. The highest BCUT2D eigenvalue weighted by Crippen LogP contribution is 2.22. The molecule has 0 saturated heterocycles. The van der Waals surface area contributed by atoms with Crippen LogP contribution in [0.4, 0.5) is 4.39 Å². The summed E-state index contributed by atoms with van der Waals surface area (Å²) < 4.78 is 13.5. The third kappa shape index (κ3) is 3.81. The highest BCUT2D eigenvalue weighted by Gasteiger charge is 2.26. The van der Waals surface area contributed by atoms with Crippen molar-refractivity contribution in [3.8, 4) is 0 Å². The van der Waals surface area contributed by atoms with E-state index in [-0.39, 0.29) is 23.6 Å². The number of halogens is 1. The lowest BCUT2D eigenvalue weighted by molar-refractivity contribution is 0.0881. The van der Waals surface area contributed by atoms with Crippen molar-refractivity contribution in [2.24, 2.45) is 5.41 Å². The second-order valence-corrected chi connectivity index (χ2v) is 5.38. The molecule has 0 spiro atoms. The lowest BCUT2D eigenvalue weighted by Crippen LogP contribution is -2.44. The van der Waals surface area contributed by atoms with Gasteiger partial charge in [0.15, 0.2) is 0 Å². The number of carbonyl (C=O) groups excluding carboxylic acids is 1. The number of hydrogen-bond donors (Lipinski definition) is 2. The predicted molar refractivity (Wildman–Crippen MR) is 68.8 cm³/mol. The fourth-order valence-corrected chi connectivity index (χ4v) is 1.73.